The molecule has 0 bridgehead atoms. The maximum atomic E-state index is 9.66. The Morgan fingerprint density at radius 3 is 2.15 bits per heavy atom. The number of nitrogens with zero attached hydrogens (tertiary/aromatic N) is 1. The summed E-state index contributed by atoms with van der Waals surface area (Å²) < 4.78 is 0.430. The van der Waals surface area contributed by atoms with Crippen molar-refractivity contribution in [3.05, 3.63) is 56.8 Å². The summed E-state index contributed by atoms with van der Waals surface area (Å²) in [6.07, 6.45) is 1.49. The van der Waals surface area contributed by atoms with Crippen LogP contribution >= 0.6 is 22.6 Å². The van der Waals surface area contributed by atoms with E-state index in [-0.39, 0.29) is 29.3 Å². The van der Waals surface area contributed by atoms with Crippen LogP contribution in [0.4, 0.5) is 0 Å². The highest BCUT2D eigenvalue weighted by Crippen LogP contribution is 2.35. The van der Waals surface area contributed by atoms with Crippen LogP contribution in [-0.4, -0.2) is 25.5 Å². The molecule has 0 radical (unpaired) electrons. The van der Waals surface area contributed by atoms with Crippen molar-refractivity contribution < 1.29 is 25.5 Å². The van der Waals surface area contributed by atoms with Crippen molar-refractivity contribution in [2.45, 2.75) is 6.54 Å². The number of aromatic hydroxyl groups is 5. The SMILES string of the molecule is C=C(NCc1cc(O)c(O)c(O)c1)/C(C#N)=C/c1cc(O)c(O)c(I)c1. The predicted octanol–water partition coefficient (Wildman–Crippen LogP) is 3.03. The molecular weight excluding hydrogens is 451 g/mol. The minimum atomic E-state index is -0.605. The molecule has 0 spiro atoms. The Labute approximate surface area is 162 Å². The first-order chi connectivity index (χ1) is 12.2. The van der Waals surface area contributed by atoms with E-state index in [1.54, 1.807) is 6.07 Å². The second kappa shape index (κ2) is 7.88. The number of rotatable bonds is 5. The Morgan fingerprint density at radius 1 is 1.04 bits per heavy atom. The van der Waals surface area contributed by atoms with Crippen LogP contribution in [0, 0.1) is 14.9 Å². The number of hydrogen-bond acceptors (Lipinski definition) is 7. The summed E-state index contributed by atoms with van der Waals surface area (Å²) in [5.41, 5.74) is 1.44. The van der Waals surface area contributed by atoms with Crippen molar-refractivity contribution in [3.8, 4) is 34.8 Å². The summed E-state index contributed by atoms with van der Waals surface area (Å²) in [6.45, 7) is 3.91. The molecule has 6 N–H and O–H groups in total. The molecule has 0 amide bonds. The number of hydrogen-bond donors (Lipinski definition) is 6. The fraction of sp³-hybridized carbons (Fsp3) is 0.0556. The predicted molar refractivity (Wildman–Crippen MR) is 103 cm³/mol. The number of nitriles is 1. The van der Waals surface area contributed by atoms with Crippen molar-refractivity contribution >= 4 is 28.7 Å². The van der Waals surface area contributed by atoms with E-state index in [1.807, 2.05) is 28.7 Å². The van der Waals surface area contributed by atoms with E-state index in [4.69, 9.17) is 0 Å². The Bertz CT molecular complexity index is 901. The number of nitrogens with one attached hydrogen (secondary N) is 1. The summed E-state index contributed by atoms with van der Waals surface area (Å²) in [5, 5.41) is 59.8. The van der Waals surface area contributed by atoms with E-state index in [2.05, 4.69) is 11.9 Å². The lowest BCUT2D eigenvalue weighted by Crippen LogP contribution is -2.13. The van der Waals surface area contributed by atoms with Gasteiger partial charge in [-0.3, -0.25) is 0 Å². The van der Waals surface area contributed by atoms with E-state index in [0.717, 1.165) is 0 Å². The molecule has 0 aromatic heterocycles. The lowest BCUT2D eigenvalue weighted by molar-refractivity contribution is 0.367. The maximum absolute atomic E-state index is 9.66. The largest absolute Gasteiger partial charge is 0.504 e. The smallest absolute Gasteiger partial charge is 0.200 e. The summed E-state index contributed by atoms with van der Waals surface area (Å²) in [7, 11) is 0. The van der Waals surface area contributed by atoms with E-state index in [9.17, 15) is 30.8 Å². The molecule has 0 saturated heterocycles. The van der Waals surface area contributed by atoms with Crippen LogP contribution in [0.3, 0.4) is 0 Å². The van der Waals surface area contributed by atoms with E-state index in [1.165, 1.54) is 24.3 Å². The number of halogens is 1. The van der Waals surface area contributed by atoms with Crippen molar-refractivity contribution in [3.63, 3.8) is 0 Å². The Balaban J connectivity index is 2.18. The summed E-state index contributed by atoms with van der Waals surface area (Å²) in [6, 6.07) is 7.44. The summed E-state index contributed by atoms with van der Waals surface area (Å²) >= 11 is 1.86. The van der Waals surface area contributed by atoms with Gasteiger partial charge >= 0.3 is 0 Å². The fourth-order valence-electron chi connectivity index (χ4n) is 2.11. The number of phenolic OH excluding ortho intramolecular Hbond substituents is 5. The minimum Gasteiger partial charge on any atom is -0.504 e. The Hall–Kier alpha value is -3.06. The molecule has 2 aromatic rings. The highest BCUT2D eigenvalue weighted by molar-refractivity contribution is 14.1. The van der Waals surface area contributed by atoms with Crippen LogP contribution < -0.4 is 5.32 Å². The van der Waals surface area contributed by atoms with E-state index in [0.29, 0.717) is 14.7 Å². The molecule has 0 aliphatic heterocycles. The van der Waals surface area contributed by atoms with Gasteiger partial charge in [0.25, 0.3) is 0 Å². The first-order valence-corrected chi connectivity index (χ1v) is 8.31. The lowest BCUT2D eigenvalue weighted by Gasteiger charge is -2.11. The molecule has 2 rings (SSSR count). The molecule has 0 unspecified atom stereocenters. The molecule has 26 heavy (non-hydrogen) atoms. The molecule has 0 fully saturated rings. The van der Waals surface area contributed by atoms with Gasteiger partial charge in [-0.25, -0.2) is 0 Å². The quantitative estimate of drug-likeness (QED) is 0.173. The van der Waals surface area contributed by atoms with Crippen molar-refractivity contribution in [1.29, 1.82) is 5.26 Å². The molecule has 0 atom stereocenters. The van der Waals surface area contributed by atoms with E-state index < -0.39 is 17.2 Å². The standard InChI is InChI=1S/C18H15IN2O5/c1-9(21-8-11-5-15(23)18(26)16(24)6-11)12(7-20)2-10-3-13(19)17(25)14(22)4-10/h2-6,21-26H,1,8H2/b12-2+. The van der Waals surface area contributed by atoms with Gasteiger partial charge in [-0.2, -0.15) is 5.26 Å². The van der Waals surface area contributed by atoms with Gasteiger partial charge in [0, 0.05) is 12.2 Å². The fourth-order valence-corrected chi connectivity index (χ4v) is 2.74. The monoisotopic (exact) mass is 466 g/mol. The average Bonchev–Trinajstić information content (AvgIpc) is 2.59. The molecule has 7 nitrogen and oxygen atoms in total. The minimum absolute atomic E-state index is 0.137. The summed E-state index contributed by atoms with van der Waals surface area (Å²) in [4.78, 5) is 0. The first-order valence-electron chi connectivity index (χ1n) is 7.23. The van der Waals surface area contributed by atoms with Gasteiger partial charge in [0.15, 0.2) is 28.7 Å². The van der Waals surface area contributed by atoms with Gasteiger partial charge in [0.05, 0.1) is 9.14 Å². The average molecular weight is 466 g/mol. The van der Waals surface area contributed by atoms with Crippen molar-refractivity contribution in [2.24, 2.45) is 0 Å². The topological polar surface area (TPSA) is 137 Å². The second-order valence-electron chi connectivity index (χ2n) is 5.36. The van der Waals surface area contributed by atoms with Crippen LogP contribution in [0.25, 0.3) is 6.08 Å². The van der Waals surface area contributed by atoms with Crippen LogP contribution in [0.2, 0.25) is 0 Å². The second-order valence-corrected chi connectivity index (χ2v) is 6.52. The van der Waals surface area contributed by atoms with Gasteiger partial charge in [-0.15, -0.1) is 0 Å². The number of phenols is 5. The van der Waals surface area contributed by atoms with Gasteiger partial charge in [0.1, 0.15) is 6.07 Å². The maximum Gasteiger partial charge on any atom is 0.200 e. The molecule has 134 valence electrons. The molecule has 0 saturated carbocycles. The van der Waals surface area contributed by atoms with Crippen LogP contribution in [0.5, 0.6) is 28.7 Å². The zero-order valence-corrected chi connectivity index (χ0v) is 15.5. The van der Waals surface area contributed by atoms with Crippen molar-refractivity contribution in [2.75, 3.05) is 0 Å². The van der Waals surface area contributed by atoms with Crippen LogP contribution in [-0.2, 0) is 6.54 Å². The highest BCUT2D eigenvalue weighted by Gasteiger charge is 2.10. The third kappa shape index (κ3) is 4.31. The van der Waals surface area contributed by atoms with Gasteiger partial charge in [-0.1, -0.05) is 6.58 Å². The van der Waals surface area contributed by atoms with Gasteiger partial charge in [0.2, 0.25) is 0 Å². The Kier molecular flexibility index (Phi) is 5.84. The van der Waals surface area contributed by atoms with Gasteiger partial charge < -0.3 is 30.8 Å². The van der Waals surface area contributed by atoms with Crippen LogP contribution in [0.1, 0.15) is 11.1 Å². The zero-order valence-electron chi connectivity index (χ0n) is 13.4. The van der Waals surface area contributed by atoms with Gasteiger partial charge in [-0.05, 0) is 64.1 Å². The Morgan fingerprint density at radius 2 is 1.62 bits per heavy atom. The van der Waals surface area contributed by atoms with Crippen LogP contribution in [0.15, 0.2) is 42.1 Å². The highest BCUT2D eigenvalue weighted by atomic mass is 127. The molecule has 2 aromatic carbocycles. The molecular formula is C18H15IN2O5. The molecule has 0 heterocycles. The molecule has 0 aliphatic carbocycles. The normalized spacial score (nSPS) is 11.0. The van der Waals surface area contributed by atoms with E-state index >= 15 is 0 Å². The lowest BCUT2D eigenvalue weighted by atomic mass is 10.1. The molecule has 0 aliphatic rings. The first kappa shape index (κ1) is 19.3. The molecule has 8 heteroatoms. The third-order valence-electron chi connectivity index (χ3n) is 3.46. The number of allylic oxidation sites excluding steroid dienone is 1. The summed E-state index contributed by atoms with van der Waals surface area (Å²) in [5.74, 6) is -2.05. The zero-order chi connectivity index (χ0) is 19.4. The third-order valence-corrected chi connectivity index (χ3v) is 4.28. The van der Waals surface area contributed by atoms with Crippen molar-refractivity contribution in [1.82, 2.24) is 5.32 Å². The number of benzene rings is 2.